The van der Waals surface area contributed by atoms with Crippen LogP contribution in [0.5, 0.6) is 0 Å². The molecule has 3 unspecified atom stereocenters. The van der Waals surface area contributed by atoms with Gasteiger partial charge in [0.25, 0.3) is 0 Å². The van der Waals surface area contributed by atoms with Crippen LogP contribution in [-0.4, -0.2) is 29.0 Å². The molecule has 0 bridgehead atoms. The van der Waals surface area contributed by atoms with Gasteiger partial charge in [0, 0.05) is 18.9 Å². The van der Waals surface area contributed by atoms with E-state index < -0.39 is 11.7 Å². The largest absolute Gasteiger partial charge is 0.444 e. The number of alkyl carbamates (subject to hydrolysis) is 1. The van der Waals surface area contributed by atoms with Crippen molar-refractivity contribution in [1.29, 1.82) is 0 Å². The Balaban J connectivity index is 1.79. The molecule has 0 radical (unpaired) electrons. The Morgan fingerprint density at radius 2 is 1.59 bits per heavy atom. The maximum atomic E-state index is 12.8. The number of ether oxygens (including phenoxy) is 1. The number of hydrogen-bond donors (Lipinski definition) is 1. The van der Waals surface area contributed by atoms with E-state index in [0.717, 1.165) is 11.1 Å². The van der Waals surface area contributed by atoms with Gasteiger partial charge in [0.15, 0.2) is 0 Å². The van der Waals surface area contributed by atoms with Crippen molar-refractivity contribution in [3.63, 3.8) is 0 Å². The molecule has 1 aliphatic rings. The van der Waals surface area contributed by atoms with Crippen molar-refractivity contribution < 1.29 is 14.3 Å². The molecule has 2 amide bonds. The second-order valence-corrected chi connectivity index (χ2v) is 8.63. The van der Waals surface area contributed by atoms with Gasteiger partial charge < -0.3 is 15.0 Å². The van der Waals surface area contributed by atoms with Gasteiger partial charge in [-0.1, -0.05) is 60.7 Å². The molecule has 5 nitrogen and oxygen atoms in total. The van der Waals surface area contributed by atoms with E-state index in [1.807, 2.05) is 86.3 Å². The summed E-state index contributed by atoms with van der Waals surface area (Å²) < 4.78 is 5.47. The molecule has 154 valence electrons. The summed E-state index contributed by atoms with van der Waals surface area (Å²) in [5, 5.41) is 3.01. The van der Waals surface area contributed by atoms with Crippen LogP contribution in [0.1, 0.15) is 57.3 Å². The maximum absolute atomic E-state index is 12.8. The highest BCUT2D eigenvalue weighted by molar-refractivity contribution is 5.79. The Bertz CT molecular complexity index is 830. The van der Waals surface area contributed by atoms with E-state index in [0.29, 0.717) is 13.0 Å². The Labute approximate surface area is 173 Å². The standard InChI is InChI=1S/C24H30N2O3/c1-17(18-11-7-5-8-12-18)26-16-20(15-21(26)27)22(19-13-9-6-10-14-19)25-23(28)29-24(2,3)4/h5-14,17,20,22H,15-16H2,1-4H3,(H,25,28). The lowest BCUT2D eigenvalue weighted by Gasteiger charge is -2.29. The van der Waals surface area contributed by atoms with Gasteiger partial charge in [-0.3, -0.25) is 4.79 Å². The van der Waals surface area contributed by atoms with E-state index >= 15 is 0 Å². The molecule has 1 fully saturated rings. The first-order valence-electron chi connectivity index (χ1n) is 10.1. The van der Waals surface area contributed by atoms with Gasteiger partial charge in [0.1, 0.15) is 5.60 Å². The van der Waals surface area contributed by atoms with Crippen molar-refractivity contribution in [2.45, 2.75) is 51.8 Å². The first-order valence-corrected chi connectivity index (χ1v) is 10.1. The predicted molar refractivity (Wildman–Crippen MR) is 113 cm³/mol. The maximum Gasteiger partial charge on any atom is 0.408 e. The van der Waals surface area contributed by atoms with Gasteiger partial charge in [-0.2, -0.15) is 0 Å². The van der Waals surface area contributed by atoms with E-state index in [-0.39, 0.29) is 23.9 Å². The fraction of sp³-hybridized carbons (Fsp3) is 0.417. The molecule has 0 aromatic heterocycles. The van der Waals surface area contributed by atoms with Crippen molar-refractivity contribution >= 4 is 12.0 Å². The summed E-state index contributed by atoms with van der Waals surface area (Å²) in [7, 11) is 0. The number of hydrogen-bond acceptors (Lipinski definition) is 3. The normalized spacial score (nSPS) is 19.0. The average molecular weight is 395 g/mol. The van der Waals surface area contributed by atoms with Crippen molar-refractivity contribution in [3.05, 3.63) is 71.8 Å². The van der Waals surface area contributed by atoms with Gasteiger partial charge in [-0.25, -0.2) is 4.79 Å². The first-order chi connectivity index (χ1) is 13.7. The highest BCUT2D eigenvalue weighted by atomic mass is 16.6. The molecule has 1 heterocycles. The molecule has 2 aromatic carbocycles. The van der Waals surface area contributed by atoms with Crippen LogP contribution in [0.2, 0.25) is 0 Å². The number of carbonyl (C=O) groups is 2. The van der Waals surface area contributed by atoms with Crippen molar-refractivity contribution in [3.8, 4) is 0 Å². The van der Waals surface area contributed by atoms with Crippen LogP contribution in [-0.2, 0) is 9.53 Å². The Morgan fingerprint density at radius 1 is 1.03 bits per heavy atom. The van der Waals surface area contributed by atoms with Gasteiger partial charge in [0.05, 0.1) is 12.1 Å². The molecule has 29 heavy (non-hydrogen) atoms. The summed E-state index contributed by atoms with van der Waals surface area (Å²) in [5.41, 5.74) is 1.51. The van der Waals surface area contributed by atoms with E-state index in [9.17, 15) is 9.59 Å². The summed E-state index contributed by atoms with van der Waals surface area (Å²) in [5.74, 6) is 0.0850. The number of nitrogens with zero attached hydrogens (tertiary/aromatic N) is 1. The number of likely N-dealkylation sites (tertiary alicyclic amines) is 1. The number of amides is 2. The molecule has 0 aliphatic carbocycles. The third kappa shape index (κ3) is 5.37. The van der Waals surface area contributed by atoms with Crippen LogP contribution in [0.4, 0.5) is 4.79 Å². The quantitative estimate of drug-likeness (QED) is 0.788. The second kappa shape index (κ2) is 8.68. The van der Waals surface area contributed by atoms with Crippen LogP contribution in [0.25, 0.3) is 0 Å². The van der Waals surface area contributed by atoms with Gasteiger partial charge in [-0.05, 0) is 38.8 Å². The highest BCUT2D eigenvalue weighted by Crippen LogP contribution is 2.35. The summed E-state index contributed by atoms with van der Waals surface area (Å²) in [4.78, 5) is 27.2. The number of benzene rings is 2. The Morgan fingerprint density at radius 3 is 2.14 bits per heavy atom. The van der Waals surface area contributed by atoms with Crippen LogP contribution in [0.15, 0.2) is 60.7 Å². The summed E-state index contributed by atoms with van der Waals surface area (Å²) in [6, 6.07) is 19.5. The molecule has 5 heteroatoms. The molecule has 0 spiro atoms. The molecule has 1 N–H and O–H groups in total. The predicted octanol–water partition coefficient (Wildman–Crippen LogP) is 4.86. The van der Waals surface area contributed by atoms with Crippen LogP contribution in [0, 0.1) is 5.92 Å². The van der Waals surface area contributed by atoms with Gasteiger partial charge >= 0.3 is 6.09 Å². The Hall–Kier alpha value is -2.82. The zero-order valence-corrected chi connectivity index (χ0v) is 17.6. The monoisotopic (exact) mass is 394 g/mol. The minimum absolute atomic E-state index is 0.00773. The zero-order valence-electron chi connectivity index (χ0n) is 17.6. The number of rotatable bonds is 5. The minimum Gasteiger partial charge on any atom is -0.444 e. The number of carbonyl (C=O) groups excluding carboxylic acids is 2. The van der Waals surface area contributed by atoms with Crippen LogP contribution >= 0.6 is 0 Å². The third-order valence-electron chi connectivity index (χ3n) is 5.24. The molecule has 1 aliphatic heterocycles. The van der Waals surface area contributed by atoms with Crippen molar-refractivity contribution in [2.24, 2.45) is 5.92 Å². The lowest BCUT2D eigenvalue weighted by Crippen LogP contribution is -2.38. The fourth-order valence-electron chi connectivity index (χ4n) is 3.84. The van der Waals surface area contributed by atoms with E-state index in [4.69, 9.17) is 4.74 Å². The van der Waals surface area contributed by atoms with Crippen molar-refractivity contribution in [2.75, 3.05) is 6.54 Å². The highest BCUT2D eigenvalue weighted by Gasteiger charge is 2.39. The first kappa shape index (κ1) is 20.9. The number of nitrogens with one attached hydrogen (secondary N) is 1. The lowest BCUT2D eigenvalue weighted by atomic mass is 9.92. The smallest absolute Gasteiger partial charge is 0.408 e. The molecule has 3 rings (SSSR count). The van der Waals surface area contributed by atoms with E-state index in [1.54, 1.807) is 0 Å². The third-order valence-corrected chi connectivity index (χ3v) is 5.24. The molecular formula is C24H30N2O3. The second-order valence-electron chi connectivity index (χ2n) is 8.63. The fourth-order valence-corrected chi connectivity index (χ4v) is 3.84. The summed E-state index contributed by atoms with van der Waals surface area (Å²) in [6.45, 7) is 8.16. The topological polar surface area (TPSA) is 58.6 Å². The average Bonchev–Trinajstić information content (AvgIpc) is 3.07. The minimum atomic E-state index is -0.579. The summed E-state index contributed by atoms with van der Waals surface area (Å²) >= 11 is 0. The molecular weight excluding hydrogens is 364 g/mol. The van der Waals surface area contributed by atoms with Gasteiger partial charge in [-0.15, -0.1) is 0 Å². The zero-order chi connectivity index (χ0) is 21.0. The van der Waals surface area contributed by atoms with Crippen molar-refractivity contribution in [1.82, 2.24) is 10.2 Å². The molecule has 1 saturated heterocycles. The lowest BCUT2D eigenvalue weighted by molar-refractivity contribution is -0.129. The van der Waals surface area contributed by atoms with E-state index in [2.05, 4.69) is 12.2 Å². The Kier molecular flexibility index (Phi) is 6.26. The SMILES string of the molecule is CC(c1ccccc1)N1CC(C(NC(=O)OC(C)(C)C)c2ccccc2)CC1=O. The molecule has 2 aromatic rings. The van der Waals surface area contributed by atoms with Crippen LogP contribution < -0.4 is 5.32 Å². The summed E-state index contributed by atoms with van der Waals surface area (Å²) in [6.07, 6.45) is -0.0691. The molecule has 3 atom stereocenters. The van der Waals surface area contributed by atoms with E-state index in [1.165, 1.54) is 0 Å². The van der Waals surface area contributed by atoms with Crippen LogP contribution in [0.3, 0.4) is 0 Å². The van der Waals surface area contributed by atoms with Gasteiger partial charge in [0.2, 0.25) is 5.91 Å². The molecule has 0 saturated carbocycles.